The Morgan fingerprint density at radius 2 is 2.00 bits per heavy atom. The number of methoxy groups -OCH3 is 1. The standard InChI is InChI=1S/C21H20N6O3S/c1-13-6-8-14(9-7-13)10-17-19(29)23-20-24-25-21(27(20)26-17)31-12-18(28)22-15-4-3-5-16(11-15)30-2/h3-9,11H,10,12H2,1-2H3,(H,22,28)(H,23,24,29). The van der Waals surface area contributed by atoms with Crippen molar-refractivity contribution in [2.24, 2.45) is 0 Å². The molecule has 2 N–H and O–H groups in total. The number of hydrogen-bond donors (Lipinski definition) is 2. The molecule has 0 fully saturated rings. The maximum atomic E-state index is 12.4. The van der Waals surface area contributed by atoms with E-state index in [-0.39, 0.29) is 23.0 Å². The van der Waals surface area contributed by atoms with Crippen LogP contribution < -0.4 is 15.6 Å². The molecule has 0 aliphatic carbocycles. The zero-order chi connectivity index (χ0) is 21.8. The Balaban J connectivity index is 1.48. The Bertz CT molecular complexity index is 1280. The van der Waals surface area contributed by atoms with Crippen molar-refractivity contribution < 1.29 is 9.53 Å². The van der Waals surface area contributed by atoms with Gasteiger partial charge in [0.2, 0.25) is 11.1 Å². The molecule has 0 radical (unpaired) electrons. The summed E-state index contributed by atoms with van der Waals surface area (Å²) in [5, 5.41) is 15.6. The molecule has 0 aliphatic heterocycles. The summed E-state index contributed by atoms with van der Waals surface area (Å²) in [7, 11) is 1.57. The molecule has 2 aromatic carbocycles. The van der Waals surface area contributed by atoms with E-state index >= 15 is 0 Å². The summed E-state index contributed by atoms with van der Waals surface area (Å²) in [6.07, 6.45) is 0.379. The minimum Gasteiger partial charge on any atom is -0.497 e. The van der Waals surface area contributed by atoms with Crippen molar-refractivity contribution in [2.45, 2.75) is 18.5 Å². The van der Waals surface area contributed by atoms with Gasteiger partial charge in [-0.2, -0.15) is 9.61 Å². The summed E-state index contributed by atoms with van der Waals surface area (Å²) in [5.41, 5.74) is 2.79. The number of nitrogens with one attached hydrogen (secondary N) is 2. The highest BCUT2D eigenvalue weighted by Crippen LogP contribution is 2.19. The van der Waals surface area contributed by atoms with Gasteiger partial charge in [0, 0.05) is 18.2 Å². The second-order valence-electron chi connectivity index (χ2n) is 6.85. The molecule has 9 nitrogen and oxygen atoms in total. The van der Waals surface area contributed by atoms with Crippen LogP contribution in [0.2, 0.25) is 0 Å². The molecular formula is C21H20N6O3S. The number of hydrogen-bond acceptors (Lipinski definition) is 7. The summed E-state index contributed by atoms with van der Waals surface area (Å²) in [4.78, 5) is 27.4. The zero-order valence-corrected chi connectivity index (χ0v) is 17.8. The molecule has 0 bridgehead atoms. The number of thioether (sulfide) groups is 1. The minimum absolute atomic E-state index is 0.103. The fraction of sp³-hybridized carbons (Fsp3) is 0.190. The number of aryl methyl sites for hydroxylation is 1. The number of anilines is 1. The second-order valence-corrected chi connectivity index (χ2v) is 7.79. The number of carbonyl (C=O) groups excluding carboxylic acids is 1. The molecule has 0 saturated carbocycles. The van der Waals surface area contributed by atoms with Gasteiger partial charge in [-0.1, -0.05) is 47.7 Å². The van der Waals surface area contributed by atoms with Crippen LogP contribution >= 0.6 is 11.8 Å². The van der Waals surface area contributed by atoms with Gasteiger partial charge >= 0.3 is 0 Å². The number of carbonyl (C=O) groups is 1. The van der Waals surface area contributed by atoms with E-state index < -0.39 is 0 Å². The van der Waals surface area contributed by atoms with Crippen LogP contribution in [0, 0.1) is 6.92 Å². The lowest BCUT2D eigenvalue weighted by molar-refractivity contribution is -0.113. The number of fused-ring (bicyclic) bond motifs is 1. The van der Waals surface area contributed by atoms with Crippen LogP contribution in [-0.4, -0.2) is 43.6 Å². The lowest BCUT2D eigenvalue weighted by atomic mass is 10.1. The van der Waals surface area contributed by atoms with Crippen LogP contribution in [0.15, 0.2) is 58.5 Å². The Kier molecular flexibility index (Phi) is 5.99. The first-order valence-corrected chi connectivity index (χ1v) is 10.5. The smallest absolute Gasteiger partial charge is 0.274 e. The molecule has 2 heterocycles. The van der Waals surface area contributed by atoms with Crippen LogP contribution in [0.5, 0.6) is 5.75 Å². The van der Waals surface area contributed by atoms with Crippen molar-refractivity contribution in [2.75, 3.05) is 18.2 Å². The third kappa shape index (κ3) is 4.92. The molecule has 1 amide bonds. The number of amides is 1. The van der Waals surface area contributed by atoms with Gasteiger partial charge in [0.15, 0.2) is 0 Å². The van der Waals surface area contributed by atoms with E-state index in [2.05, 4.69) is 25.6 Å². The second kappa shape index (κ2) is 9.00. The molecule has 4 aromatic rings. The predicted molar refractivity (Wildman–Crippen MR) is 118 cm³/mol. The van der Waals surface area contributed by atoms with E-state index in [1.165, 1.54) is 16.3 Å². The van der Waals surface area contributed by atoms with Gasteiger partial charge in [0.1, 0.15) is 11.4 Å². The monoisotopic (exact) mass is 436 g/mol. The maximum Gasteiger partial charge on any atom is 0.274 e. The summed E-state index contributed by atoms with van der Waals surface area (Å²) >= 11 is 1.18. The largest absolute Gasteiger partial charge is 0.497 e. The van der Waals surface area contributed by atoms with Crippen molar-refractivity contribution in [3.05, 3.63) is 75.7 Å². The molecular weight excluding hydrogens is 416 g/mol. The topological polar surface area (TPSA) is 114 Å². The highest BCUT2D eigenvalue weighted by atomic mass is 32.2. The molecule has 31 heavy (non-hydrogen) atoms. The molecule has 0 atom stereocenters. The molecule has 0 saturated heterocycles. The number of aromatic nitrogens is 5. The van der Waals surface area contributed by atoms with Crippen LogP contribution in [0.1, 0.15) is 16.8 Å². The highest BCUT2D eigenvalue weighted by Gasteiger charge is 2.14. The molecule has 10 heteroatoms. The number of aromatic amines is 1. The van der Waals surface area contributed by atoms with Gasteiger partial charge in [-0.25, -0.2) is 0 Å². The lowest BCUT2D eigenvalue weighted by Gasteiger charge is -2.06. The number of benzene rings is 2. The van der Waals surface area contributed by atoms with Gasteiger partial charge in [-0.15, -0.1) is 10.2 Å². The third-order valence-corrected chi connectivity index (χ3v) is 5.42. The maximum absolute atomic E-state index is 12.4. The predicted octanol–water partition coefficient (Wildman–Crippen LogP) is 2.45. The van der Waals surface area contributed by atoms with E-state index in [9.17, 15) is 9.59 Å². The van der Waals surface area contributed by atoms with Gasteiger partial charge in [0.25, 0.3) is 11.3 Å². The van der Waals surface area contributed by atoms with E-state index in [0.29, 0.717) is 28.7 Å². The number of rotatable bonds is 7. The third-order valence-electron chi connectivity index (χ3n) is 4.50. The lowest BCUT2D eigenvalue weighted by Crippen LogP contribution is -2.19. The van der Waals surface area contributed by atoms with Gasteiger partial charge in [0.05, 0.1) is 12.9 Å². The van der Waals surface area contributed by atoms with E-state index in [0.717, 1.165) is 11.1 Å². The average Bonchev–Trinajstić information content (AvgIpc) is 3.15. The molecule has 0 unspecified atom stereocenters. The normalized spacial score (nSPS) is 10.9. The first-order valence-electron chi connectivity index (χ1n) is 9.48. The quantitative estimate of drug-likeness (QED) is 0.428. The zero-order valence-electron chi connectivity index (χ0n) is 17.0. The van der Waals surface area contributed by atoms with Crippen molar-refractivity contribution in [3.8, 4) is 5.75 Å². The van der Waals surface area contributed by atoms with Crippen molar-refractivity contribution in [1.29, 1.82) is 0 Å². The SMILES string of the molecule is COc1cccc(NC(=O)CSc2nnc3[nH]c(=O)c(Cc4ccc(C)cc4)nn23)c1. The molecule has 4 rings (SSSR count). The Morgan fingerprint density at radius 1 is 1.19 bits per heavy atom. The van der Waals surface area contributed by atoms with Gasteiger partial charge in [-0.05, 0) is 24.6 Å². The summed E-state index contributed by atoms with van der Waals surface area (Å²) in [6, 6.07) is 15.0. The van der Waals surface area contributed by atoms with Crippen LogP contribution in [-0.2, 0) is 11.2 Å². The van der Waals surface area contributed by atoms with Crippen molar-refractivity contribution in [1.82, 2.24) is 24.8 Å². The molecule has 0 spiro atoms. The highest BCUT2D eigenvalue weighted by molar-refractivity contribution is 7.99. The first-order chi connectivity index (χ1) is 15.0. The van der Waals surface area contributed by atoms with E-state index in [4.69, 9.17) is 4.74 Å². The Labute approximate surface area is 181 Å². The number of nitrogens with zero attached hydrogens (tertiary/aromatic N) is 4. The van der Waals surface area contributed by atoms with E-state index in [1.807, 2.05) is 31.2 Å². The van der Waals surface area contributed by atoms with Crippen LogP contribution in [0.4, 0.5) is 5.69 Å². The van der Waals surface area contributed by atoms with Gasteiger partial charge in [-0.3, -0.25) is 14.6 Å². The van der Waals surface area contributed by atoms with Crippen molar-refractivity contribution in [3.63, 3.8) is 0 Å². The number of ether oxygens (including phenoxy) is 1. The fourth-order valence-corrected chi connectivity index (χ4v) is 3.59. The fourth-order valence-electron chi connectivity index (χ4n) is 2.91. The molecule has 158 valence electrons. The van der Waals surface area contributed by atoms with Crippen LogP contribution in [0.25, 0.3) is 5.78 Å². The Hall–Kier alpha value is -3.66. The summed E-state index contributed by atoms with van der Waals surface area (Å²) in [6.45, 7) is 2.01. The molecule has 0 aliphatic rings. The Morgan fingerprint density at radius 3 is 2.77 bits per heavy atom. The summed E-state index contributed by atoms with van der Waals surface area (Å²) in [5.74, 6) is 0.780. The number of H-pyrrole nitrogens is 1. The summed E-state index contributed by atoms with van der Waals surface area (Å²) < 4.78 is 6.61. The minimum atomic E-state index is -0.312. The van der Waals surface area contributed by atoms with Crippen molar-refractivity contribution >= 4 is 29.1 Å². The van der Waals surface area contributed by atoms with E-state index in [1.54, 1.807) is 31.4 Å². The molecule has 2 aromatic heterocycles. The van der Waals surface area contributed by atoms with Crippen LogP contribution in [0.3, 0.4) is 0 Å². The average molecular weight is 436 g/mol. The van der Waals surface area contributed by atoms with Gasteiger partial charge < -0.3 is 10.1 Å². The first kappa shape index (κ1) is 20.6.